The van der Waals surface area contributed by atoms with Crippen molar-refractivity contribution in [2.24, 2.45) is 0 Å². The molecule has 0 saturated carbocycles. The number of aromatic amines is 1. The number of rotatable bonds is 1. The van der Waals surface area contributed by atoms with E-state index in [9.17, 15) is 9.59 Å². The molecule has 4 nitrogen and oxygen atoms in total. The molecule has 0 unspecified atom stereocenters. The van der Waals surface area contributed by atoms with Crippen LogP contribution in [0.2, 0.25) is 0 Å². The van der Waals surface area contributed by atoms with Crippen molar-refractivity contribution in [2.75, 3.05) is 0 Å². The summed E-state index contributed by atoms with van der Waals surface area (Å²) in [7, 11) is 0. The second-order valence-corrected chi connectivity index (χ2v) is 4.19. The van der Waals surface area contributed by atoms with Gasteiger partial charge in [0.05, 0.1) is 11.0 Å². The number of nitrogens with zero attached hydrogens (tertiary/aromatic N) is 1. The average molecular weight is 218 g/mol. The van der Waals surface area contributed by atoms with E-state index in [1.165, 1.54) is 0 Å². The van der Waals surface area contributed by atoms with E-state index in [-0.39, 0.29) is 6.04 Å². The molecule has 0 fully saturated rings. The second kappa shape index (κ2) is 3.63. The molecule has 2 rings (SSSR count). The molecule has 0 spiro atoms. The van der Waals surface area contributed by atoms with Crippen molar-refractivity contribution < 1.29 is 0 Å². The maximum Gasteiger partial charge on any atom is 0.316 e. The summed E-state index contributed by atoms with van der Waals surface area (Å²) in [6.07, 6.45) is 0. The molecule has 0 aliphatic carbocycles. The molecular weight excluding hydrogens is 204 g/mol. The highest BCUT2D eigenvalue weighted by atomic mass is 16.2. The summed E-state index contributed by atoms with van der Waals surface area (Å²) in [5.41, 5.74) is 1.45. The predicted octanol–water partition coefficient (Wildman–Crippen LogP) is 1.58. The van der Waals surface area contributed by atoms with Gasteiger partial charge in [0.15, 0.2) is 0 Å². The molecule has 2 aromatic rings. The number of aromatic nitrogens is 2. The van der Waals surface area contributed by atoms with E-state index in [0.717, 1.165) is 11.1 Å². The van der Waals surface area contributed by atoms with Gasteiger partial charge in [-0.15, -0.1) is 0 Å². The molecule has 1 aromatic heterocycles. The van der Waals surface area contributed by atoms with Crippen molar-refractivity contribution in [3.8, 4) is 0 Å². The van der Waals surface area contributed by atoms with Crippen molar-refractivity contribution in [1.29, 1.82) is 0 Å². The molecule has 0 aliphatic heterocycles. The van der Waals surface area contributed by atoms with Gasteiger partial charge in [-0.25, -0.2) is 0 Å². The first kappa shape index (κ1) is 10.7. The Bertz CT molecular complexity index is 650. The summed E-state index contributed by atoms with van der Waals surface area (Å²) in [5, 5.41) is 0. The molecule has 0 aliphatic rings. The van der Waals surface area contributed by atoms with Crippen LogP contribution in [0.4, 0.5) is 0 Å². The molecular formula is C12H14N2O2. The number of H-pyrrole nitrogens is 1. The lowest BCUT2D eigenvalue weighted by Gasteiger charge is -2.14. The summed E-state index contributed by atoms with van der Waals surface area (Å²) in [6, 6.07) is 5.57. The smallest absolute Gasteiger partial charge is 0.316 e. The van der Waals surface area contributed by atoms with Gasteiger partial charge in [-0.05, 0) is 32.4 Å². The van der Waals surface area contributed by atoms with Crippen LogP contribution < -0.4 is 11.1 Å². The lowest BCUT2D eigenvalue weighted by Crippen LogP contribution is -2.37. The van der Waals surface area contributed by atoms with E-state index in [1.807, 2.05) is 39.0 Å². The first-order chi connectivity index (χ1) is 7.52. The molecule has 0 bridgehead atoms. The largest absolute Gasteiger partial charge is 0.316 e. The molecule has 4 heteroatoms. The van der Waals surface area contributed by atoms with Crippen LogP contribution in [0.3, 0.4) is 0 Å². The van der Waals surface area contributed by atoms with Crippen LogP contribution in [0.1, 0.15) is 25.5 Å². The van der Waals surface area contributed by atoms with Crippen molar-refractivity contribution in [3.63, 3.8) is 0 Å². The number of hydrogen-bond donors (Lipinski definition) is 1. The van der Waals surface area contributed by atoms with Gasteiger partial charge in [0.2, 0.25) is 0 Å². The zero-order valence-corrected chi connectivity index (χ0v) is 9.57. The van der Waals surface area contributed by atoms with E-state index in [4.69, 9.17) is 0 Å². The molecule has 16 heavy (non-hydrogen) atoms. The van der Waals surface area contributed by atoms with Crippen LogP contribution in [-0.2, 0) is 0 Å². The molecule has 1 aromatic carbocycles. The summed E-state index contributed by atoms with van der Waals surface area (Å²) in [5.74, 6) is 0. The molecule has 0 atom stereocenters. The first-order valence-electron chi connectivity index (χ1n) is 5.26. The van der Waals surface area contributed by atoms with Gasteiger partial charge in [-0.3, -0.25) is 14.2 Å². The van der Waals surface area contributed by atoms with Crippen molar-refractivity contribution >= 4 is 11.0 Å². The minimum absolute atomic E-state index is 0.0293. The van der Waals surface area contributed by atoms with E-state index >= 15 is 0 Å². The third kappa shape index (κ3) is 1.46. The van der Waals surface area contributed by atoms with Crippen molar-refractivity contribution in [3.05, 3.63) is 44.5 Å². The molecule has 0 saturated heterocycles. The Hall–Kier alpha value is -1.84. The third-order valence-corrected chi connectivity index (χ3v) is 2.66. The average Bonchev–Trinajstić information content (AvgIpc) is 2.20. The van der Waals surface area contributed by atoms with Gasteiger partial charge < -0.3 is 4.98 Å². The fraction of sp³-hybridized carbons (Fsp3) is 0.333. The Morgan fingerprint density at radius 3 is 2.56 bits per heavy atom. The van der Waals surface area contributed by atoms with Gasteiger partial charge in [-0.1, -0.05) is 12.1 Å². The highest BCUT2D eigenvalue weighted by molar-refractivity contribution is 5.78. The highest BCUT2D eigenvalue weighted by Crippen LogP contribution is 2.16. The number of hydrogen-bond acceptors (Lipinski definition) is 2. The number of fused-ring (bicyclic) bond motifs is 1. The number of benzene rings is 1. The van der Waals surface area contributed by atoms with Crippen LogP contribution in [0, 0.1) is 6.92 Å². The predicted molar refractivity (Wildman–Crippen MR) is 64.0 cm³/mol. The summed E-state index contributed by atoms with van der Waals surface area (Å²) >= 11 is 0. The van der Waals surface area contributed by atoms with Gasteiger partial charge in [0, 0.05) is 6.04 Å². The topological polar surface area (TPSA) is 54.9 Å². The Balaban J connectivity index is 3.09. The van der Waals surface area contributed by atoms with E-state index in [2.05, 4.69) is 4.98 Å². The molecule has 0 radical (unpaired) electrons. The Morgan fingerprint density at radius 2 is 1.94 bits per heavy atom. The summed E-state index contributed by atoms with van der Waals surface area (Å²) in [6.45, 7) is 5.72. The quantitative estimate of drug-likeness (QED) is 0.739. The van der Waals surface area contributed by atoms with Crippen LogP contribution in [0.15, 0.2) is 27.8 Å². The molecule has 84 valence electrons. The number of para-hydroxylation sites is 1. The van der Waals surface area contributed by atoms with E-state index in [0.29, 0.717) is 5.52 Å². The van der Waals surface area contributed by atoms with Crippen molar-refractivity contribution in [1.82, 2.24) is 9.55 Å². The van der Waals surface area contributed by atoms with Crippen LogP contribution >= 0.6 is 0 Å². The molecule has 1 heterocycles. The summed E-state index contributed by atoms with van der Waals surface area (Å²) in [4.78, 5) is 25.9. The molecule has 1 N–H and O–H groups in total. The maximum absolute atomic E-state index is 11.8. The van der Waals surface area contributed by atoms with Crippen LogP contribution in [-0.4, -0.2) is 9.55 Å². The fourth-order valence-electron chi connectivity index (χ4n) is 1.96. The van der Waals surface area contributed by atoms with Crippen molar-refractivity contribution in [2.45, 2.75) is 26.8 Å². The first-order valence-corrected chi connectivity index (χ1v) is 5.26. The van der Waals surface area contributed by atoms with Gasteiger partial charge in [0.1, 0.15) is 0 Å². The standard InChI is InChI=1S/C12H14N2O2/c1-7(2)14-10-8(3)5-4-6-9(10)13-11(15)12(14)16/h4-7H,1-3H3,(H,13,15). The number of aryl methyl sites for hydroxylation is 1. The Kier molecular flexibility index (Phi) is 2.42. The van der Waals surface area contributed by atoms with Crippen LogP contribution in [0.5, 0.6) is 0 Å². The zero-order valence-electron chi connectivity index (χ0n) is 9.57. The monoisotopic (exact) mass is 218 g/mol. The summed E-state index contributed by atoms with van der Waals surface area (Å²) < 4.78 is 1.55. The zero-order chi connectivity index (χ0) is 11.9. The maximum atomic E-state index is 11.8. The van der Waals surface area contributed by atoms with E-state index < -0.39 is 11.1 Å². The SMILES string of the molecule is Cc1cccc2[nH]c(=O)c(=O)n(C(C)C)c12. The Labute approximate surface area is 92.5 Å². The van der Waals surface area contributed by atoms with Crippen LogP contribution in [0.25, 0.3) is 11.0 Å². The Morgan fingerprint density at radius 1 is 1.25 bits per heavy atom. The normalized spacial score (nSPS) is 11.2. The van der Waals surface area contributed by atoms with Gasteiger partial charge >= 0.3 is 11.1 Å². The fourth-order valence-corrected chi connectivity index (χ4v) is 1.96. The minimum atomic E-state index is -0.563. The minimum Gasteiger partial charge on any atom is -0.316 e. The lowest BCUT2D eigenvalue weighted by atomic mass is 10.2. The highest BCUT2D eigenvalue weighted by Gasteiger charge is 2.11. The molecule has 0 amide bonds. The lowest BCUT2D eigenvalue weighted by molar-refractivity contribution is 0.592. The number of nitrogens with one attached hydrogen (secondary N) is 1. The second-order valence-electron chi connectivity index (χ2n) is 4.19. The van der Waals surface area contributed by atoms with Gasteiger partial charge in [0.25, 0.3) is 0 Å². The van der Waals surface area contributed by atoms with E-state index in [1.54, 1.807) is 4.57 Å². The van der Waals surface area contributed by atoms with Gasteiger partial charge in [-0.2, -0.15) is 0 Å². The third-order valence-electron chi connectivity index (χ3n) is 2.66.